The number of nitrogens with zero attached hydrogens (tertiary/aromatic N) is 2. The number of rotatable bonds is 0. The molecule has 0 saturated carbocycles. The van der Waals surface area contributed by atoms with Crippen molar-refractivity contribution < 1.29 is 14.6 Å². The van der Waals surface area contributed by atoms with Gasteiger partial charge in [-0.25, -0.2) is 14.7 Å². The van der Waals surface area contributed by atoms with Gasteiger partial charge in [-0.15, -0.1) is 0 Å². The summed E-state index contributed by atoms with van der Waals surface area (Å²) in [7, 11) is 0. The fraction of sp³-hybridized carbons (Fsp3) is 0. The van der Waals surface area contributed by atoms with Crippen LogP contribution in [0.5, 0.6) is 5.75 Å². The highest BCUT2D eigenvalue weighted by Crippen LogP contribution is 2.28. The Morgan fingerprint density at radius 3 is 3.23 bits per heavy atom. The maximum absolute atomic E-state index is 10.7. The van der Waals surface area contributed by atoms with E-state index in [9.17, 15) is 4.79 Å². The van der Waals surface area contributed by atoms with Gasteiger partial charge in [-0.3, -0.25) is 0 Å². The number of anilines is 1. The molecule has 0 unspecified atom stereocenters. The molecule has 1 aliphatic heterocycles. The lowest BCUT2D eigenvalue weighted by atomic mass is 10.4. The van der Waals surface area contributed by atoms with Crippen LogP contribution in [-0.4, -0.2) is 16.2 Å². The topological polar surface area (TPSA) is 62.7 Å². The number of aromatic nitrogens is 1. The van der Waals surface area contributed by atoms with Crippen LogP contribution in [0.3, 0.4) is 0 Å². The normalized spacial score (nSPS) is 13.4. The number of ether oxygens (including phenoxy) is 1. The Kier molecular flexibility index (Phi) is 1.63. The first-order chi connectivity index (χ1) is 6.29. The Bertz CT molecular complexity index is 375. The summed E-state index contributed by atoms with van der Waals surface area (Å²) in [6, 6.07) is 3.33. The smallest absolute Gasteiger partial charge is 0.417 e. The summed E-state index contributed by atoms with van der Waals surface area (Å²) < 4.78 is 5.06. The highest BCUT2D eigenvalue weighted by Gasteiger charge is 2.20. The average Bonchev–Trinajstić information content (AvgIpc) is 2.17. The second-order valence-electron chi connectivity index (χ2n) is 2.38. The van der Waals surface area contributed by atoms with Crippen molar-refractivity contribution in [3.8, 4) is 5.75 Å². The molecule has 5 heteroatoms. The van der Waals surface area contributed by atoms with Crippen molar-refractivity contribution in [3.63, 3.8) is 0 Å². The predicted molar refractivity (Wildman–Crippen MR) is 44.5 cm³/mol. The number of pyridine rings is 1. The maximum Gasteiger partial charge on any atom is 0.417 e. The molecule has 0 fully saturated rings. The average molecular weight is 178 g/mol. The van der Waals surface area contributed by atoms with E-state index in [0.717, 1.165) is 4.90 Å². The largest absolute Gasteiger partial charge is 0.464 e. The van der Waals surface area contributed by atoms with Gasteiger partial charge in [-0.1, -0.05) is 0 Å². The molecule has 5 nitrogen and oxygen atoms in total. The van der Waals surface area contributed by atoms with Crippen LogP contribution in [0, 0.1) is 0 Å². The van der Waals surface area contributed by atoms with Crippen LogP contribution >= 0.6 is 0 Å². The molecule has 0 spiro atoms. The van der Waals surface area contributed by atoms with E-state index in [1.54, 1.807) is 12.1 Å². The zero-order chi connectivity index (χ0) is 9.26. The molecule has 2 rings (SSSR count). The molecule has 0 radical (unpaired) electrons. The summed E-state index contributed by atoms with van der Waals surface area (Å²) in [5.41, 5.74) is 0. The number of carbonyl (C=O) groups is 1. The van der Waals surface area contributed by atoms with E-state index in [1.807, 2.05) is 0 Å². The number of hydrogen-bond donors (Lipinski definition) is 1. The molecular formula is C8H6N2O3. The molecule has 1 amide bonds. The number of amides is 1. The van der Waals surface area contributed by atoms with Gasteiger partial charge in [0.25, 0.3) is 0 Å². The lowest BCUT2D eigenvalue weighted by Crippen LogP contribution is -2.26. The molecule has 0 atom stereocenters. The first kappa shape index (κ1) is 7.60. The van der Waals surface area contributed by atoms with Gasteiger partial charge in [0.05, 0.1) is 6.20 Å². The molecule has 2 heterocycles. The van der Waals surface area contributed by atoms with Crippen molar-refractivity contribution >= 4 is 11.9 Å². The Hall–Kier alpha value is -2.04. The molecule has 1 aromatic heterocycles. The molecular weight excluding hydrogens is 172 g/mol. The Morgan fingerprint density at radius 1 is 1.62 bits per heavy atom. The molecule has 1 aromatic rings. The van der Waals surface area contributed by atoms with Gasteiger partial charge in [-0.05, 0) is 12.1 Å². The fourth-order valence-electron chi connectivity index (χ4n) is 1.04. The first-order valence-electron chi connectivity index (χ1n) is 3.59. The van der Waals surface area contributed by atoms with Crippen LogP contribution < -0.4 is 9.64 Å². The monoisotopic (exact) mass is 178 g/mol. The third-order valence-corrected chi connectivity index (χ3v) is 1.59. The SMILES string of the molecule is O=C(O)N1C=COc2cccnc21. The summed E-state index contributed by atoms with van der Waals surface area (Å²) in [6.45, 7) is 0. The summed E-state index contributed by atoms with van der Waals surface area (Å²) in [6.07, 6.45) is 3.03. The third kappa shape index (κ3) is 1.20. The van der Waals surface area contributed by atoms with Crippen LogP contribution in [0.4, 0.5) is 10.6 Å². The summed E-state index contributed by atoms with van der Waals surface area (Å²) in [5.74, 6) is 0.727. The van der Waals surface area contributed by atoms with Gasteiger partial charge in [0.15, 0.2) is 11.6 Å². The molecule has 0 bridgehead atoms. The number of carboxylic acid groups (broad SMARTS) is 1. The fourth-order valence-corrected chi connectivity index (χ4v) is 1.04. The number of fused-ring (bicyclic) bond motifs is 1. The Balaban J connectivity index is 2.48. The first-order valence-corrected chi connectivity index (χ1v) is 3.59. The van der Waals surface area contributed by atoms with E-state index < -0.39 is 6.09 Å². The zero-order valence-electron chi connectivity index (χ0n) is 6.54. The molecule has 1 aliphatic rings. The van der Waals surface area contributed by atoms with E-state index in [0.29, 0.717) is 5.75 Å². The second kappa shape index (κ2) is 2.78. The molecule has 0 aliphatic carbocycles. The quantitative estimate of drug-likeness (QED) is 0.652. The van der Waals surface area contributed by atoms with Crippen LogP contribution in [-0.2, 0) is 0 Å². The predicted octanol–water partition coefficient (Wildman–Crippen LogP) is 1.43. The van der Waals surface area contributed by atoms with Crippen molar-refractivity contribution in [2.75, 3.05) is 4.90 Å². The minimum atomic E-state index is -1.08. The lowest BCUT2D eigenvalue weighted by molar-refractivity contribution is 0.203. The highest BCUT2D eigenvalue weighted by molar-refractivity contribution is 5.89. The van der Waals surface area contributed by atoms with E-state index in [1.165, 1.54) is 18.7 Å². The van der Waals surface area contributed by atoms with Gasteiger partial charge in [0.2, 0.25) is 0 Å². The minimum absolute atomic E-state index is 0.289. The van der Waals surface area contributed by atoms with Crippen molar-refractivity contribution in [2.45, 2.75) is 0 Å². The minimum Gasteiger partial charge on any atom is -0.464 e. The Labute approximate surface area is 73.9 Å². The Morgan fingerprint density at radius 2 is 2.46 bits per heavy atom. The zero-order valence-corrected chi connectivity index (χ0v) is 6.54. The molecule has 0 aromatic carbocycles. The second-order valence-corrected chi connectivity index (χ2v) is 2.38. The van der Waals surface area contributed by atoms with Crippen LogP contribution in [0.25, 0.3) is 0 Å². The van der Waals surface area contributed by atoms with E-state index in [4.69, 9.17) is 9.84 Å². The van der Waals surface area contributed by atoms with E-state index in [2.05, 4.69) is 4.98 Å². The van der Waals surface area contributed by atoms with Gasteiger partial charge < -0.3 is 9.84 Å². The molecule has 13 heavy (non-hydrogen) atoms. The molecule has 1 N–H and O–H groups in total. The summed E-state index contributed by atoms with van der Waals surface area (Å²) in [5, 5.41) is 8.76. The van der Waals surface area contributed by atoms with Gasteiger partial charge in [0, 0.05) is 6.20 Å². The van der Waals surface area contributed by atoms with Crippen LogP contribution in [0.2, 0.25) is 0 Å². The molecule has 66 valence electrons. The van der Waals surface area contributed by atoms with E-state index >= 15 is 0 Å². The van der Waals surface area contributed by atoms with Crippen LogP contribution in [0.1, 0.15) is 0 Å². The summed E-state index contributed by atoms with van der Waals surface area (Å²) in [4.78, 5) is 15.6. The van der Waals surface area contributed by atoms with Crippen LogP contribution in [0.15, 0.2) is 30.8 Å². The van der Waals surface area contributed by atoms with Crippen molar-refractivity contribution in [2.24, 2.45) is 0 Å². The highest BCUT2D eigenvalue weighted by atomic mass is 16.5. The standard InChI is InChI=1S/C8H6N2O3/c11-8(12)10-4-5-13-6-2-1-3-9-7(6)10/h1-5H,(H,11,12). The van der Waals surface area contributed by atoms with Gasteiger partial charge >= 0.3 is 6.09 Å². The molecule has 0 saturated heterocycles. The lowest BCUT2D eigenvalue weighted by Gasteiger charge is -2.19. The van der Waals surface area contributed by atoms with Gasteiger partial charge in [0.1, 0.15) is 6.26 Å². The number of hydrogen-bond acceptors (Lipinski definition) is 3. The van der Waals surface area contributed by atoms with E-state index in [-0.39, 0.29) is 5.82 Å². The maximum atomic E-state index is 10.7. The van der Waals surface area contributed by atoms with Crippen molar-refractivity contribution in [1.82, 2.24) is 4.98 Å². The third-order valence-electron chi connectivity index (χ3n) is 1.59. The summed E-state index contributed by atoms with van der Waals surface area (Å²) >= 11 is 0. The van der Waals surface area contributed by atoms with Crippen molar-refractivity contribution in [1.29, 1.82) is 0 Å². The van der Waals surface area contributed by atoms with Crippen molar-refractivity contribution in [3.05, 3.63) is 30.8 Å². The van der Waals surface area contributed by atoms with Gasteiger partial charge in [-0.2, -0.15) is 0 Å².